The SMILES string of the molecule is CCCCC/C=C\C/C=C\CCCCCCCCCC(=O)OCCCCCCCCCCC/C=C\C/C=C\CCCCCCCCCCCCCC(=O)NC(CO)C(O)/C=C/CCCCCCCCCCCCCCCCCCCCC. The molecular formula is C76H141NO5. The first-order valence-electron chi connectivity index (χ1n) is 36.6. The van der Waals surface area contributed by atoms with E-state index in [1.165, 1.54) is 302 Å². The number of rotatable bonds is 68. The number of amides is 1. The molecule has 0 spiro atoms. The fourth-order valence-electron chi connectivity index (χ4n) is 11.2. The second-order valence-electron chi connectivity index (χ2n) is 24.9. The maximum Gasteiger partial charge on any atom is 0.305 e. The van der Waals surface area contributed by atoms with Gasteiger partial charge in [0.2, 0.25) is 5.91 Å². The number of nitrogens with one attached hydrogen (secondary N) is 1. The van der Waals surface area contributed by atoms with Gasteiger partial charge in [-0.3, -0.25) is 9.59 Å². The summed E-state index contributed by atoms with van der Waals surface area (Å²) in [4.78, 5) is 24.6. The van der Waals surface area contributed by atoms with Crippen LogP contribution in [0, 0.1) is 0 Å². The predicted octanol–water partition coefficient (Wildman–Crippen LogP) is 23.8. The molecule has 3 N–H and O–H groups in total. The number of aliphatic hydroxyl groups is 2. The topological polar surface area (TPSA) is 95.9 Å². The zero-order valence-corrected chi connectivity index (χ0v) is 55.0. The summed E-state index contributed by atoms with van der Waals surface area (Å²) in [5, 5.41) is 23.3. The van der Waals surface area contributed by atoms with Gasteiger partial charge in [0.05, 0.1) is 25.4 Å². The van der Waals surface area contributed by atoms with Crippen molar-refractivity contribution in [2.45, 2.75) is 398 Å². The van der Waals surface area contributed by atoms with Crippen LogP contribution in [0.5, 0.6) is 0 Å². The van der Waals surface area contributed by atoms with Crippen LogP contribution in [0.1, 0.15) is 386 Å². The van der Waals surface area contributed by atoms with Crippen molar-refractivity contribution < 1.29 is 24.5 Å². The molecule has 0 saturated carbocycles. The van der Waals surface area contributed by atoms with E-state index in [-0.39, 0.29) is 18.5 Å². The summed E-state index contributed by atoms with van der Waals surface area (Å²) >= 11 is 0. The average Bonchev–Trinajstić information content (AvgIpc) is 3.48. The van der Waals surface area contributed by atoms with E-state index in [9.17, 15) is 19.8 Å². The fourth-order valence-corrected chi connectivity index (χ4v) is 11.2. The van der Waals surface area contributed by atoms with Crippen molar-refractivity contribution in [1.29, 1.82) is 0 Å². The number of aliphatic hydroxyl groups excluding tert-OH is 2. The fraction of sp³-hybridized carbons (Fsp3) is 0.842. The van der Waals surface area contributed by atoms with Gasteiger partial charge in [-0.05, 0) is 96.3 Å². The highest BCUT2D eigenvalue weighted by Crippen LogP contribution is 2.18. The van der Waals surface area contributed by atoms with E-state index >= 15 is 0 Å². The molecule has 1 amide bonds. The number of unbranched alkanes of at least 4 members (excludes halogenated alkanes) is 49. The van der Waals surface area contributed by atoms with Crippen LogP contribution in [0.15, 0.2) is 60.8 Å². The van der Waals surface area contributed by atoms with E-state index in [0.29, 0.717) is 19.4 Å². The molecule has 2 unspecified atom stereocenters. The van der Waals surface area contributed by atoms with Crippen LogP contribution in [0.4, 0.5) is 0 Å². The minimum absolute atomic E-state index is 0.00251. The van der Waals surface area contributed by atoms with Crippen LogP contribution >= 0.6 is 0 Å². The van der Waals surface area contributed by atoms with E-state index in [1.54, 1.807) is 6.08 Å². The summed E-state index contributed by atoms with van der Waals surface area (Å²) < 4.78 is 5.49. The number of ether oxygens (including phenoxy) is 1. The zero-order chi connectivity index (χ0) is 59.2. The highest BCUT2D eigenvalue weighted by Gasteiger charge is 2.18. The summed E-state index contributed by atoms with van der Waals surface area (Å²) in [7, 11) is 0. The Balaban J connectivity index is 3.45. The van der Waals surface area contributed by atoms with Crippen LogP contribution in [0.25, 0.3) is 0 Å². The Morgan fingerprint density at radius 3 is 0.951 bits per heavy atom. The minimum Gasteiger partial charge on any atom is -0.466 e. The summed E-state index contributed by atoms with van der Waals surface area (Å²) in [6.45, 7) is 4.90. The monoisotopic (exact) mass is 1150 g/mol. The Kier molecular flexibility index (Phi) is 68.9. The molecule has 0 aromatic heterocycles. The van der Waals surface area contributed by atoms with E-state index in [0.717, 1.165) is 57.8 Å². The van der Waals surface area contributed by atoms with Gasteiger partial charge in [0, 0.05) is 12.8 Å². The predicted molar refractivity (Wildman–Crippen MR) is 361 cm³/mol. The molecule has 0 fully saturated rings. The average molecular weight is 1150 g/mol. The van der Waals surface area contributed by atoms with Gasteiger partial charge in [-0.25, -0.2) is 0 Å². The number of hydrogen-bond donors (Lipinski definition) is 3. The Labute approximate surface area is 511 Å². The number of carbonyl (C=O) groups excluding carboxylic acids is 2. The first kappa shape index (κ1) is 79.6. The van der Waals surface area contributed by atoms with Gasteiger partial charge < -0.3 is 20.3 Å². The van der Waals surface area contributed by atoms with Gasteiger partial charge in [-0.15, -0.1) is 0 Å². The number of esters is 1. The molecule has 0 aromatic carbocycles. The highest BCUT2D eigenvalue weighted by molar-refractivity contribution is 5.76. The van der Waals surface area contributed by atoms with Gasteiger partial charge in [-0.1, -0.05) is 338 Å². The molecule has 6 nitrogen and oxygen atoms in total. The van der Waals surface area contributed by atoms with Crippen LogP contribution in [-0.2, 0) is 14.3 Å². The quantitative estimate of drug-likeness (QED) is 0.0320. The van der Waals surface area contributed by atoms with Crippen molar-refractivity contribution in [3.8, 4) is 0 Å². The van der Waals surface area contributed by atoms with Crippen LogP contribution in [0.3, 0.4) is 0 Å². The third kappa shape index (κ3) is 66.7. The van der Waals surface area contributed by atoms with Gasteiger partial charge in [-0.2, -0.15) is 0 Å². The molecule has 480 valence electrons. The normalized spacial score (nSPS) is 12.9. The van der Waals surface area contributed by atoms with Crippen LogP contribution in [-0.4, -0.2) is 47.4 Å². The van der Waals surface area contributed by atoms with Gasteiger partial charge >= 0.3 is 5.97 Å². The molecule has 82 heavy (non-hydrogen) atoms. The maximum atomic E-state index is 12.5. The summed E-state index contributed by atoms with van der Waals surface area (Å²) in [5.74, 6) is -0.0658. The summed E-state index contributed by atoms with van der Waals surface area (Å²) in [6.07, 6.45) is 94.4. The smallest absolute Gasteiger partial charge is 0.305 e. The molecule has 0 aromatic rings. The zero-order valence-electron chi connectivity index (χ0n) is 55.0. The van der Waals surface area contributed by atoms with Crippen molar-refractivity contribution >= 4 is 11.9 Å². The third-order valence-electron chi connectivity index (χ3n) is 16.8. The van der Waals surface area contributed by atoms with Crippen molar-refractivity contribution in [2.75, 3.05) is 13.2 Å². The minimum atomic E-state index is -0.849. The summed E-state index contributed by atoms with van der Waals surface area (Å²) in [5.41, 5.74) is 0. The largest absolute Gasteiger partial charge is 0.466 e. The summed E-state index contributed by atoms with van der Waals surface area (Å²) in [6, 6.07) is -0.633. The van der Waals surface area contributed by atoms with Crippen LogP contribution in [0.2, 0.25) is 0 Å². The molecule has 0 heterocycles. The van der Waals surface area contributed by atoms with E-state index in [1.807, 2.05) is 6.08 Å². The molecule has 0 radical (unpaired) electrons. The standard InChI is InChI=1S/C76H141NO5/c1-3-5-7-9-11-13-15-17-19-21-22-30-33-37-40-44-48-52-56-60-64-68-74(79)73(72-78)77-75(80)69-65-61-57-53-49-45-41-38-34-31-28-26-24-23-25-27-29-32-35-39-43-47-51-55-59-63-67-71-82-76(81)70-66-62-58-54-50-46-42-36-20-18-16-14-12-10-8-6-4-2/h12,14,18,20,23-24,27,29,64,68,73-74,78-79H,3-11,13,15-17,19,21-22,25-26,28,30-63,65-67,69-72H2,1-2H3,(H,77,80)/b14-12-,20-18-,24-23-,29-27-,68-64+. The van der Waals surface area contributed by atoms with E-state index in [2.05, 4.69) is 67.8 Å². The molecule has 0 rings (SSSR count). The van der Waals surface area contributed by atoms with Crippen molar-refractivity contribution in [3.63, 3.8) is 0 Å². The van der Waals surface area contributed by atoms with E-state index < -0.39 is 12.1 Å². The lowest BCUT2D eigenvalue weighted by Gasteiger charge is -2.20. The second kappa shape index (κ2) is 71.0. The Morgan fingerprint density at radius 1 is 0.341 bits per heavy atom. The lowest BCUT2D eigenvalue weighted by Crippen LogP contribution is -2.45. The van der Waals surface area contributed by atoms with Gasteiger partial charge in [0.25, 0.3) is 0 Å². The first-order valence-corrected chi connectivity index (χ1v) is 36.6. The Morgan fingerprint density at radius 2 is 0.610 bits per heavy atom. The maximum absolute atomic E-state index is 12.5. The number of hydrogen-bond acceptors (Lipinski definition) is 5. The van der Waals surface area contributed by atoms with Crippen molar-refractivity contribution in [3.05, 3.63) is 60.8 Å². The number of allylic oxidation sites excluding steroid dienone is 9. The highest BCUT2D eigenvalue weighted by atomic mass is 16.5. The first-order chi connectivity index (χ1) is 40.5. The van der Waals surface area contributed by atoms with Crippen molar-refractivity contribution in [2.24, 2.45) is 0 Å². The molecule has 0 aliphatic rings. The molecule has 6 heteroatoms. The molecule has 0 aliphatic carbocycles. The second-order valence-corrected chi connectivity index (χ2v) is 24.9. The Bertz CT molecular complexity index is 1420. The van der Waals surface area contributed by atoms with Gasteiger partial charge in [0.15, 0.2) is 0 Å². The number of carbonyl (C=O) groups is 2. The van der Waals surface area contributed by atoms with Crippen molar-refractivity contribution in [1.82, 2.24) is 5.32 Å². The lowest BCUT2D eigenvalue weighted by atomic mass is 10.0. The van der Waals surface area contributed by atoms with Gasteiger partial charge in [0.1, 0.15) is 0 Å². The molecule has 0 aliphatic heterocycles. The molecule has 0 bridgehead atoms. The van der Waals surface area contributed by atoms with E-state index in [4.69, 9.17) is 4.74 Å². The molecule has 0 saturated heterocycles. The third-order valence-corrected chi connectivity index (χ3v) is 16.8. The van der Waals surface area contributed by atoms with Crippen LogP contribution < -0.4 is 5.32 Å². The molecular weight excluding hydrogens is 1010 g/mol. The lowest BCUT2D eigenvalue weighted by molar-refractivity contribution is -0.143. The molecule has 2 atom stereocenters. The Hall–Kier alpha value is -2.44.